The molecule has 0 aliphatic carbocycles. The summed E-state index contributed by atoms with van der Waals surface area (Å²) >= 11 is 1.92. The predicted molar refractivity (Wildman–Crippen MR) is 135 cm³/mol. The lowest BCUT2D eigenvalue weighted by Gasteiger charge is -2.38. The Hall–Kier alpha value is -2.76. The van der Waals surface area contributed by atoms with E-state index in [-0.39, 0.29) is 0 Å². The van der Waals surface area contributed by atoms with Crippen LogP contribution in [0.15, 0.2) is 87.7 Å². The molecule has 0 N–H and O–H groups in total. The molecule has 1 fully saturated rings. The van der Waals surface area contributed by atoms with Crippen LogP contribution in [0.25, 0.3) is 0 Å². The molecule has 2 aliphatic heterocycles. The summed E-state index contributed by atoms with van der Waals surface area (Å²) in [6.07, 6.45) is 3.06. The van der Waals surface area contributed by atoms with E-state index >= 15 is 0 Å². The van der Waals surface area contributed by atoms with Gasteiger partial charge in [0.1, 0.15) is 0 Å². The molecule has 0 aromatic heterocycles. The first-order valence-electron chi connectivity index (χ1n) is 11.3. The fraction of sp³-hybridized carbons (Fsp3) is 0.296. The van der Waals surface area contributed by atoms with Crippen molar-refractivity contribution in [2.45, 2.75) is 22.3 Å². The van der Waals surface area contributed by atoms with Gasteiger partial charge in [0.25, 0.3) is 0 Å². The third kappa shape index (κ3) is 4.54. The Morgan fingerprint density at radius 3 is 2.28 bits per heavy atom. The van der Waals surface area contributed by atoms with Crippen LogP contribution in [0, 0.1) is 0 Å². The number of benzene rings is 3. The molecular weight excluding hydrogens is 412 g/mol. The summed E-state index contributed by atoms with van der Waals surface area (Å²) in [4.78, 5) is 7.55. The number of anilines is 1. The number of fused-ring (bicyclic) bond motifs is 2. The number of rotatable bonds is 4. The average molecular weight is 443 g/mol. The zero-order valence-corrected chi connectivity index (χ0v) is 19.6. The van der Waals surface area contributed by atoms with Gasteiger partial charge in [-0.05, 0) is 47.4 Å². The Bertz CT molecular complexity index is 1080. The number of hydrogen-bond donors (Lipinski definition) is 0. The van der Waals surface area contributed by atoms with E-state index in [0.717, 1.165) is 38.2 Å². The fourth-order valence-electron chi connectivity index (χ4n) is 4.53. The Labute approximate surface area is 195 Å². The number of nitrogens with zero attached hydrogens (tertiary/aromatic N) is 4. The molecule has 3 aromatic carbocycles. The molecule has 0 spiro atoms. The monoisotopic (exact) mass is 442 g/mol. The SMILES string of the molecule is CN(C)c1ccc(/C=N/N2CCN(C3Cc4ccccc4Sc4ccccc43)CC2)cc1. The van der Waals surface area contributed by atoms with Gasteiger partial charge >= 0.3 is 0 Å². The maximum absolute atomic E-state index is 4.77. The number of hydrazone groups is 1. The summed E-state index contributed by atoms with van der Waals surface area (Å²) in [5.41, 5.74) is 5.27. The van der Waals surface area contributed by atoms with Gasteiger partial charge in [-0.15, -0.1) is 0 Å². The largest absolute Gasteiger partial charge is 0.378 e. The van der Waals surface area contributed by atoms with E-state index in [1.165, 1.54) is 26.6 Å². The van der Waals surface area contributed by atoms with Crippen LogP contribution in [0.5, 0.6) is 0 Å². The molecule has 2 aliphatic rings. The van der Waals surface area contributed by atoms with Crippen LogP contribution in [0.1, 0.15) is 22.7 Å². The van der Waals surface area contributed by atoms with E-state index in [4.69, 9.17) is 5.10 Å². The van der Waals surface area contributed by atoms with E-state index in [1.54, 1.807) is 0 Å². The van der Waals surface area contributed by atoms with Gasteiger partial charge in [0.2, 0.25) is 0 Å². The van der Waals surface area contributed by atoms with Gasteiger partial charge in [0.15, 0.2) is 0 Å². The zero-order valence-electron chi connectivity index (χ0n) is 18.8. The summed E-state index contributed by atoms with van der Waals surface area (Å²) in [6, 6.07) is 26.8. The molecule has 4 nitrogen and oxygen atoms in total. The van der Waals surface area contributed by atoms with Gasteiger partial charge in [-0.25, -0.2) is 0 Å². The summed E-state index contributed by atoms with van der Waals surface area (Å²) in [5.74, 6) is 0. The maximum atomic E-state index is 4.77. The molecule has 1 saturated heterocycles. The second-order valence-corrected chi connectivity index (χ2v) is 9.77. The van der Waals surface area contributed by atoms with Crippen molar-refractivity contribution in [2.75, 3.05) is 45.2 Å². The smallest absolute Gasteiger partial charge is 0.0542 e. The van der Waals surface area contributed by atoms with Crippen LogP contribution in [0.3, 0.4) is 0 Å². The highest BCUT2D eigenvalue weighted by Crippen LogP contribution is 2.42. The van der Waals surface area contributed by atoms with Gasteiger partial charge in [0.05, 0.1) is 6.21 Å². The minimum Gasteiger partial charge on any atom is -0.378 e. The molecule has 5 heteroatoms. The first kappa shape index (κ1) is 21.1. The van der Waals surface area contributed by atoms with E-state index in [0.29, 0.717) is 6.04 Å². The summed E-state index contributed by atoms with van der Waals surface area (Å²) in [6.45, 7) is 3.98. The normalized spacial score (nSPS) is 18.8. The molecule has 0 radical (unpaired) electrons. The molecule has 3 aromatic rings. The predicted octanol–water partition coefficient (Wildman–Crippen LogP) is 5.15. The van der Waals surface area contributed by atoms with E-state index in [9.17, 15) is 0 Å². The molecule has 0 bridgehead atoms. The van der Waals surface area contributed by atoms with E-state index < -0.39 is 0 Å². The van der Waals surface area contributed by atoms with Gasteiger partial charge in [0, 0.05) is 61.8 Å². The van der Waals surface area contributed by atoms with Gasteiger partial charge in [-0.3, -0.25) is 9.91 Å². The number of piperazine rings is 1. The summed E-state index contributed by atoms with van der Waals surface area (Å²) < 4.78 is 0. The highest BCUT2D eigenvalue weighted by Gasteiger charge is 2.29. The van der Waals surface area contributed by atoms with Crippen LogP contribution in [0.2, 0.25) is 0 Å². The average Bonchev–Trinajstić information content (AvgIpc) is 3.00. The third-order valence-corrected chi connectivity index (χ3v) is 7.60. The second-order valence-electron chi connectivity index (χ2n) is 8.69. The van der Waals surface area contributed by atoms with Crippen LogP contribution < -0.4 is 4.90 Å². The molecule has 1 atom stereocenters. The Morgan fingerprint density at radius 2 is 1.53 bits per heavy atom. The molecule has 164 valence electrons. The van der Waals surface area contributed by atoms with Crippen molar-refractivity contribution < 1.29 is 0 Å². The zero-order chi connectivity index (χ0) is 21.9. The quantitative estimate of drug-likeness (QED) is 0.521. The van der Waals surface area contributed by atoms with Gasteiger partial charge in [-0.1, -0.05) is 60.3 Å². The molecule has 0 amide bonds. The van der Waals surface area contributed by atoms with Gasteiger partial charge in [-0.2, -0.15) is 5.10 Å². The minimum absolute atomic E-state index is 0.423. The second kappa shape index (κ2) is 9.39. The minimum atomic E-state index is 0.423. The van der Waals surface area contributed by atoms with Crippen molar-refractivity contribution in [3.63, 3.8) is 0 Å². The molecular formula is C27H30N4S. The summed E-state index contributed by atoms with van der Waals surface area (Å²) in [5, 5.41) is 6.98. The van der Waals surface area contributed by atoms with Crippen LogP contribution in [-0.4, -0.2) is 56.4 Å². The van der Waals surface area contributed by atoms with Crippen LogP contribution in [0.4, 0.5) is 5.69 Å². The van der Waals surface area contributed by atoms with Crippen molar-refractivity contribution in [2.24, 2.45) is 5.10 Å². The molecule has 1 unspecified atom stereocenters. The Balaban J connectivity index is 1.27. The first-order valence-corrected chi connectivity index (χ1v) is 12.1. The molecule has 0 saturated carbocycles. The lowest BCUT2D eigenvalue weighted by Crippen LogP contribution is -2.46. The van der Waals surface area contributed by atoms with Crippen LogP contribution >= 0.6 is 11.8 Å². The van der Waals surface area contributed by atoms with Crippen LogP contribution in [-0.2, 0) is 6.42 Å². The van der Waals surface area contributed by atoms with E-state index in [1.807, 2.05) is 18.0 Å². The highest BCUT2D eigenvalue weighted by atomic mass is 32.2. The lowest BCUT2D eigenvalue weighted by atomic mass is 9.97. The number of hydrogen-bond acceptors (Lipinski definition) is 5. The molecule has 2 heterocycles. The summed E-state index contributed by atoms with van der Waals surface area (Å²) in [7, 11) is 4.12. The van der Waals surface area contributed by atoms with Crippen molar-refractivity contribution in [3.05, 3.63) is 89.5 Å². The van der Waals surface area contributed by atoms with Crippen molar-refractivity contribution in [3.8, 4) is 0 Å². The van der Waals surface area contributed by atoms with Crippen molar-refractivity contribution in [1.29, 1.82) is 0 Å². The van der Waals surface area contributed by atoms with Crippen molar-refractivity contribution in [1.82, 2.24) is 9.91 Å². The Kier molecular flexibility index (Phi) is 6.19. The topological polar surface area (TPSA) is 22.1 Å². The first-order chi connectivity index (χ1) is 15.7. The third-order valence-electron chi connectivity index (χ3n) is 6.39. The Morgan fingerprint density at radius 1 is 0.844 bits per heavy atom. The standard InChI is InChI=1S/C27H30N4S/c1-29(2)23-13-11-21(12-14-23)20-28-31-17-15-30(16-18-31)25-19-22-7-3-5-9-26(22)32-27-10-6-4-8-24(25)27/h3-14,20,25H,15-19H2,1-2H3/b28-20+. The fourth-order valence-corrected chi connectivity index (χ4v) is 5.66. The molecule has 32 heavy (non-hydrogen) atoms. The highest BCUT2D eigenvalue weighted by molar-refractivity contribution is 7.99. The maximum Gasteiger partial charge on any atom is 0.0542 e. The lowest BCUT2D eigenvalue weighted by molar-refractivity contribution is 0.0970. The van der Waals surface area contributed by atoms with Crippen molar-refractivity contribution >= 4 is 23.7 Å². The molecule has 5 rings (SSSR count). The van der Waals surface area contributed by atoms with Gasteiger partial charge < -0.3 is 4.90 Å². The van der Waals surface area contributed by atoms with E-state index in [2.05, 4.69) is 102 Å².